The number of hydrogen-bond acceptors (Lipinski definition) is 6. The quantitative estimate of drug-likeness (QED) is 0.284. The number of carbonyl (C=O) groups is 1. The lowest BCUT2D eigenvalue weighted by Gasteiger charge is -2.06. The van der Waals surface area contributed by atoms with Gasteiger partial charge in [0.1, 0.15) is 11.5 Å². The van der Waals surface area contributed by atoms with Gasteiger partial charge >= 0.3 is 0 Å². The summed E-state index contributed by atoms with van der Waals surface area (Å²) >= 11 is 6.84. The smallest absolute Gasteiger partial charge is 0.271 e. The van der Waals surface area contributed by atoms with Crippen molar-refractivity contribution in [3.63, 3.8) is 0 Å². The topological polar surface area (TPSA) is 84.3 Å². The maximum Gasteiger partial charge on any atom is 0.271 e. The van der Waals surface area contributed by atoms with Gasteiger partial charge in [-0.25, -0.2) is 5.43 Å². The van der Waals surface area contributed by atoms with Crippen LogP contribution in [0.1, 0.15) is 21.5 Å². The summed E-state index contributed by atoms with van der Waals surface area (Å²) in [7, 11) is 3.18. The van der Waals surface area contributed by atoms with Crippen LogP contribution in [-0.4, -0.2) is 32.6 Å². The van der Waals surface area contributed by atoms with E-state index < -0.39 is 0 Å². The number of anilines is 1. The van der Waals surface area contributed by atoms with Gasteiger partial charge in [0.25, 0.3) is 5.91 Å². The number of carbonyl (C=O) groups excluding carboxylic acids is 1. The molecule has 3 rings (SSSR count). The summed E-state index contributed by atoms with van der Waals surface area (Å²) in [5, 5.41) is 8.27. The van der Waals surface area contributed by atoms with Crippen molar-refractivity contribution in [3.05, 3.63) is 86.3 Å². The van der Waals surface area contributed by atoms with Gasteiger partial charge in [-0.2, -0.15) is 10.2 Å². The minimum absolute atomic E-state index is 0.350. The number of benzene rings is 3. The van der Waals surface area contributed by atoms with E-state index in [9.17, 15) is 4.79 Å². The number of ether oxygens (including phenoxy) is 2. The minimum atomic E-state index is -0.350. The summed E-state index contributed by atoms with van der Waals surface area (Å²) < 4.78 is 12.4. The second-order valence-corrected chi connectivity index (χ2v) is 8.25. The van der Waals surface area contributed by atoms with E-state index in [2.05, 4.69) is 52.9 Å². The number of nitrogens with one attached hydrogen (secondary N) is 2. The molecule has 32 heavy (non-hydrogen) atoms. The molecule has 3 aromatic carbocycles. The number of amides is 1. The van der Waals surface area contributed by atoms with Crippen LogP contribution in [0.3, 0.4) is 0 Å². The standard InChI is InChI=1S/C23H20Br2N4O3/c1-31-21-8-6-18(24)10-16(21)13-26-28-20-5-3-4-15(12-20)23(30)29-27-14-17-11-19(25)7-9-22(17)32-2/h3-14,28H,1-2H3,(H,29,30)/b26-13+,27-14+. The van der Waals surface area contributed by atoms with Gasteiger partial charge in [0.2, 0.25) is 0 Å². The molecule has 164 valence electrons. The van der Waals surface area contributed by atoms with Crippen LogP contribution in [0.15, 0.2) is 79.8 Å². The van der Waals surface area contributed by atoms with Crippen molar-refractivity contribution in [1.29, 1.82) is 0 Å². The minimum Gasteiger partial charge on any atom is -0.496 e. The van der Waals surface area contributed by atoms with Crippen LogP contribution in [0.2, 0.25) is 0 Å². The number of rotatable bonds is 8. The molecule has 0 saturated carbocycles. The highest BCUT2D eigenvalue weighted by Crippen LogP contribution is 2.22. The Bertz CT molecular complexity index is 1170. The average Bonchev–Trinajstić information content (AvgIpc) is 2.79. The molecule has 0 aliphatic heterocycles. The Kier molecular flexibility index (Phi) is 8.41. The molecule has 2 N–H and O–H groups in total. The molecule has 0 aromatic heterocycles. The molecule has 0 fully saturated rings. The fourth-order valence-corrected chi connectivity index (χ4v) is 3.50. The molecule has 7 nitrogen and oxygen atoms in total. The molecule has 0 heterocycles. The van der Waals surface area contributed by atoms with Crippen LogP contribution >= 0.6 is 31.9 Å². The Morgan fingerprint density at radius 2 is 1.44 bits per heavy atom. The molecule has 0 atom stereocenters. The van der Waals surface area contributed by atoms with Gasteiger partial charge in [-0.3, -0.25) is 10.2 Å². The fourth-order valence-electron chi connectivity index (χ4n) is 2.74. The molecular formula is C23H20Br2N4O3. The van der Waals surface area contributed by atoms with E-state index >= 15 is 0 Å². The number of nitrogens with zero attached hydrogens (tertiary/aromatic N) is 2. The third kappa shape index (κ3) is 6.41. The van der Waals surface area contributed by atoms with Gasteiger partial charge in [-0.05, 0) is 54.6 Å². The van der Waals surface area contributed by atoms with Crippen LogP contribution < -0.4 is 20.3 Å². The number of halogens is 2. The van der Waals surface area contributed by atoms with Gasteiger partial charge in [-0.15, -0.1) is 0 Å². The van der Waals surface area contributed by atoms with Crippen molar-refractivity contribution < 1.29 is 14.3 Å². The molecule has 0 bridgehead atoms. The maximum absolute atomic E-state index is 12.5. The highest BCUT2D eigenvalue weighted by Gasteiger charge is 2.06. The van der Waals surface area contributed by atoms with Crippen LogP contribution in [0.4, 0.5) is 5.69 Å². The molecule has 0 spiro atoms. The Balaban J connectivity index is 1.65. The third-order valence-electron chi connectivity index (χ3n) is 4.28. The first-order chi connectivity index (χ1) is 15.5. The van der Waals surface area contributed by atoms with Crippen LogP contribution in [0.5, 0.6) is 11.5 Å². The van der Waals surface area contributed by atoms with E-state index in [1.807, 2.05) is 42.5 Å². The number of hydrogen-bond donors (Lipinski definition) is 2. The Morgan fingerprint density at radius 1 is 0.844 bits per heavy atom. The fraction of sp³-hybridized carbons (Fsp3) is 0.0870. The molecule has 1 amide bonds. The highest BCUT2D eigenvalue weighted by atomic mass is 79.9. The van der Waals surface area contributed by atoms with Gasteiger partial charge in [0, 0.05) is 25.6 Å². The van der Waals surface area contributed by atoms with E-state index in [1.165, 1.54) is 6.21 Å². The molecule has 0 aliphatic carbocycles. The van der Waals surface area contributed by atoms with Gasteiger partial charge < -0.3 is 9.47 Å². The zero-order chi connectivity index (χ0) is 22.9. The summed E-state index contributed by atoms with van der Waals surface area (Å²) in [6.45, 7) is 0. The van der Waals surface area contributed by atoms with E-state index in [0.717, 1.165) is 20.1 Å². The van der Waals surface area contributed by atoms with Crippen LogP contribution in [0.25, 0.3) is 0 Å². The maximum atomic E-state index is 12.5. The molecular weight excluding hydrogens is 540 g/mol. The van der Waals surface area contributed by atoms with E-state index in [1.54, 1.807) is 38.6 Å². The summed E-state index contributed by atoms with van der Waals surface area (Å²) in [6.07, 6.45) is 3.17. The van der Waals surface area contributed by atoms with Crippen molar-refractivity contribution in [3.8, 4) is 11.5 Å². The van der Waals surface area contributed by atoms with E-state index in [0.29, 0.717) is 22.7 Å². The van der Waals surface area contributed by atoms with Crippen molar-refractivity contribution >= 4 is 55.9 Å². The highest BCUT2D eigenvalue weighted by molar-refractivity contribution is 9.10. The molecule has 0 radical (unpaired) electrons. The largest absolute Gasteiger partial charge is 0.496 e. The molecule has 0 aliphatic rings. The summed E-state index contributed by atoms with van der Waals surface area (Å²) in [5.74, 6) is 1.00. The van der Waals surface area contributed by atoms with E-state index in [4.69, 9.17) is 9.47 Å². The van der Waals surface area contributed by atoms with Crippen molar-refractivity contribution in [2.75, 3.05) is 19.6 Å². The van der Waals surface area contributed by atoms with Crippen LogP contribution in [-0.2, 0) is 0 Å². The summed E-state index contributed by atoms with van der Waals surface area (Å²) in [6, 6.07) is 18.1. The second-order valence-electron chi connectivity index (χ2n) is 6.42. The summed E-state index contributed by atoms with van der Waals surface area (Å²) in [4.78, 5) is 12.5. The average molecular weight is 560 g/mol. The predicted molar refractivity (Wildman–Crippen MR) is 134 cm³/mol. The van der Waals surface area contributed by atoms with Crippen molar-refractivity contribution in [2.24, 2.45) is 10.2 Å². The Labute approximate surface area is 202 Å². The first-order valence-electron chi connectivity index (χ1n) is 9.40. The molecule has 9 heteroatoms. The SMILES string of the molecule is COc1ccc(Br)cc1/C=N/NC(=O)c1cccc(N/N=C/c2cc(Br)ccc2OC)c1. The molecule has 3 aromatic rings. The van der Waals surface area contributed by atoms with Crippen molar-refractivity contribution in [2.45, 2.75) is 0 Å². The third-order valence-corrected chi connectivity index (χ3v) is 5.26. The molecule has 0 saturated heterocycles. The zero-order valence-corrected chi connectivity index (χ0v) is 20.5. The Morgan fingerprint density at radius 3 is 2.03 bits per heavy atom. The van der Waals surface area contributed by atoms with E-state index in [-0.39, 0.29) is 5.91 Å². The zero-order valence-electron chi connectivity index (χ0n) is 17.3. The first-order valence-corrected chi connectivity index (χ1v) is 11.0. The Hall–Kier alpha value is -3.17. The second kappa shape index (κ2) is 11.4. The lowest BCUT2D eigenvalue weighted by Crippen LogP contribution is -2.17. The summed E-state index contributed by atoms with van der Waals surface area (Å²) in [5.41, 5.74) is 8.07. The molecule has 0 unspecified atom stereocenters. The van der Waals surface area contributed by atoms with Crippen molar-refractivity contribution in [1.82, 2.24) is 5.43 Å². The first kappa shape index (κ1) is 23.5. The normalized spacial score (nSPS) is 11.0. The number of hydrazone groups is 2. The lowest BCUT2D eigenvalue weighted by atomic mass is 10.2. The van der Waals surface area contributed by atoms with Gasteiger partial charge in [0.05, 0.1) is 32.3 Å². The monoisotopic (exact) mass is 558 g/mol. The van der Waals surface area contributed by atoms with Gasteiger partial charge in [0.15, 0.2) is 0 Å². The predicted octanol–water partition coefficient (Wildman–Crippen LogP) is 5.44. The van der Waals surface area contributed by atoms with Gasteiger partial charge in [-0.1, -0.05) is 37.9 Å². The number of methoxy groups -OCH3 is 2. The lowest BCUT2D eigenvalue weighted by molar-refractivity contribution is 0.0955. The van der Waals surface area contributed by atoms with Crippen LogP contribution in [0, 0.1) is 0 Å².